The largest absolute Gasteiger partial charge is 0.419 e. The van der Waals surface area contributed by atoms with Crippen LogP contribution < -0.4 is 4.90 Å². The molecular formula is C16H16FN3O2. The highest BCUT2D eigenvalue weighted by atomic mass is 19.1. The average Bonchev–Trinajstić information content (AvgIpc) is 2.91. The summed E-state index contributed by atoms with van der Waals surface area (Å²) in [6.45, 7) is 5.23. The molecule has 2 heterocycles. The Labute approximate surface area is 127 Å². The second kappa shape index (κ2) is 5.78. The van der Waals surface area contributed by atoms with Crippen molar-refractivity contribution < 1.29 is 13.5 Å². The fraction of sp³-hybridized carbons (Fsp3) is 0.375. The van der Waals surface area contributed by atoms with Gasteiger partial charge < -0.3 is 14.1 Å². The Bertz CT molecular complexity index is 695. The lowest BCUT2D eigenvalue weighted by molar-refractivity contribution is -0.00638. The van der Waals surface area contributed by atoms with E-state index in [0.717, 1.165) is 0 Å². The summed E-state index contributed by atoms with van der Waals surface area (Å²) in [6, 6.07) is 7.90. The number of halogens is 1. The summed E-state index contributed by atoms with van der Waals surface area (Å²) >= 11 is 0. The van der Waals surface area contributed by atoms with Crippen LogP contribution in [0.1, 0.15) is 19.5 Å². The number of benzene rings is 1. The lowest BCUT2D eigenvalue weighted by Gasteiger charge is -2.34. The molecule has 1 aliphatic heterocycles. The Kier molecular flexibility index (Phi) is 3.82. The Balaban J connectivity index is 1.95. The highest BCUT2D eigenvalue weighted by Crippen LogP contribution is 2.30. The third-order valence-electron chi connectivity index (χ3n) is 3.51. The van der Waals surface area contributed by atoms with Crippen LogP contribution in [-0.4, -0.2) is 30.3 Å². The van der Waals surface area contributed by atoms with Crippen molar-refractivity contribution in [2.45, 2.75) is 26.1 Å². The smallest absolute Gasteiger partial charge is 0.235 e. The molecule has 2 atom stereocenters. The molecule has 0 bridgehead atoms. The van der Waals surface area contributed by atoms with Gasteiger partial charge in [0.15, 0.2) is 0 Å². The molecular weight excluding hydrogens is 285 g/mol. The van der Waals surface area contributed by atoms with Crippen LogP contribution in [0.5, 0.6) is 0 Å². The van der Waals surface area contributed by atoms with Gasteiger partial charge in [0.2, 0.25) is 17.5 Å². The van der Waals surface area contributed by atoms with Gasteiger partial charge in [-0.25, -0.2) is 4.39 Å². The van der Waals surface area contributed by atoms with Crippen LogP contribution in [0.2, 0.25) is 0 Å². The maximum absolute atomic E-state index is 13.0. The molecule has 0 aliphatic carbocycles. The molecule has 3 rings (SSSR count). The maximum atomic E-state index is 13.0. The SMILES string of the molecule is C[C@@H]1CN(c2oc(-c3ccc(F)cc3)nc2C#N)C[C@@H](C)O1. The predicted molar refractivity (Wildman–Crippen MR) is 78.8 cm³/mol. The first-order valence-corrected chi connectivity index (χ1v) is 7.14. The number of hydrogen-bond acceptors (Lipinski definition) is 5. The average molecular weight is 301 g/mol. The molecule has 0 amide bonds. The summed E-state index contributed by atoms with van der Waals surface area (Å²) in [7, 11) is 0. The monoisotopic (exact) mass is 301 g/mol. The van der Waals surface area contributed by atoms with E-state index in [1.165, 1.54) is 12.1 Å². The highest BCUT2D eigenvalue weighted by molar-refractivity contribution is 5.59. The highest BCUT2D eigenvalue weighted by Gasteiger charge is 2.28. The summed E-state index contributed by atoms with van der Waals surface area (Å²) < 4.78 is 24.5. The van der Waals surface area contributed by atoms with E-state index in [9.17, 15) is 9.65 Å². The van der Waals surface area contributed by atoms with Gasteiger partial charge in [-0.15, -0.1) is 0 Å². The molecule has 22 heavy (non-hydrogen) atoms. The predicted octanol–water partition coefficient (Wildman–Crippen LogP) is 2.97. The maximum Gasteiger partial charge on any atom is 0.235 e. The van der Waals surface area contributed by atoms with Crippen molar-refractivity contribution in [2.75, 3.05) is 18.0 Å². The van der Waals surface area contributed by atoms with Crippen molar-refractivity contribution in [1.29, 1.82) is 5.26 Å². The standard InChI is InChI=1S/C16H16FN3O2/c1-10-8-20(9-11(2)21-10)16-14(7-18)19-15(22-16)12-3-5-13(17)6-4-12/h3-6,10-11H,8-9H2,1-2H3/t10-,11-/m1/s1. The normalized spacial score (nSPS) is 21.6. The molecule has 1 aromatic heterocycles. The van der Waals surface area contributed by atoms with E-state index in [-0.39, 0.29) is 23.7 Å². The molecule has 0 saturated carbocycles. The van der Waals surface area contributed by atoms with Crippen LogP contribution in [-0.2, 0) is 4.74 Å². The van der Waals surface area contributed by atoms with Gasteiger partial charge >= 0.3 is 0 Å². The van der Waals surface area contributed by atoms with E-state index in [1.54, 1.807) is 12.1 Å². The Morgan fingerprint density at radius 1 is 1.23 bits per heavy atom. The number of aromatic nitrogens is 1. The van der Waals surface area contributed by atoms with Crippen LogP contribution in [0.3, 0.4) is 0 Å². The summed E-state index contributed by atoms with van der Waals surface area (Å²) in [5, 5.41) is 9.29. The van der Waals surface area contributed by atoms with E-state index >= 15 is 0 Å². The number of rotatable bonds is 2. The molecule has 0 unspecified atom stereocenters. The third-order valence-corrected chi connectivity index (χ3v) is 3.51. The van der Waals surface area contributed by atoms with E-state index in [0.29, 0.717) is 30.4 Å². The molecule has 0 N–H and O–H groups in total. The number of anilines is 1. The van der Waals surface area contributed by atoms with Crippen molar-refractivity contribution in [2.24, 2.45) is 0 Å². The minimum atomic E-state index is -0.327. The van der Waals surface area contributed by atoms with Gasteiger partial charge in [0, 0.05) is 18.7 Å². The first-order valence-electron chi connectivity index (χ1n) is 7.14. The zero-order valence-electron chi connectivity index (χ0n) is 12.4. The summed E-state index contributed by atoms with van der Waals surface area (Å²) in [6.07, 6.45) is 0.101. The number of oxazole rings is 1. The molecule has 6 heteroatoms. The third kappa shape index (κ3) is 2.81. The van der Waals surface area contributed by atoms with Crippen molar-refractivity contribution in [3.05, 3.63) is 35.8 Å². The Morgan fingerprint density at radius 2 is 1.86 bits per heavy atom. The molecule has 1 saturated heterocycles. The zero-order valence-corrected chi connectivity index (χ0v) is 12.4. The van der Waals surface area contributed by atoms with Gasteiger partial charge in [-0.1, -0.05) is 0 Å². The fourth-order valence-electron chi connectivity index (χ4n) is 2.66. The Hall–Kier alpha value is -2.39. The van der Waals surface area contributed by atoms with Crippen LogP contribution in [0, 0.1) is 17.1 Å². The lowest BCUT2D eigenvalue weighted by atomic mass is 10.2. The van der Waals surface area contributed by atoms with Gasteiger partial charge in [0.05, 0.1) is 12.2 Å². The van der Waals surface area contributed by atoms with Crippen molar-refractivity contribution in [3.8, 4) is 17.5 Å². The van der Waals surface area contributed by atoms with Crippen LogP contribution >= 0.6 is 0 Å². The number of nitrogens with zero attached hydrogens (tertiary/aromatic N) is 3. The minimum Gasteiger partial charge on any atom is -0.419 e. The molecule has 1 fully saturated rings. The topological polar surface area (TPSA) is 62.3 Å². The first kappa shape index (κ1) is 14.5. The van der Waals surface area contributed by atoms with Gasteiger partial charge in [0.1, 0.15) is 11.9 Å². The van der Waals surface area contributed by atoms with Crippen molar-refractivity contribution in [3.63, 3.8) is 0 Å². The second-order valence-corrected chi connectivity index (χ2v) is 5.45. The molecule has 5 nitrogen and oxygen atoms in total. The van der Waals surface area contributed by atoms with Crippen LogP contribution in [0.4, 0.5) is 10.3 Å². The number of hydrogen-bond donors (Lipinski definition) is 0. The van der Waals surface area contributed by atoms with E-state index in [2.05, 4.69) is 11.1 Å². The number of nitriles is 1. The van der Waals surface area contributed by atoms with E-state index in [1.807, 2.05) is 18.7 Å². The lowest BCUT2D eigenvalue weighted by Crippen LogP contribution is -2.45. The van der Waals surface area contributed by atoms with Crippen LogP contribution in [0.25, 0.3) is 11.5 Å². The molecule has 114 valence electrons. The van der Waals surface area contributed by atoms with E-state index in [4.69, 9.17) is 9.15 Å². The second-order valence-electron chi connectivity index (χ2n) is 5.45. The number of ether oxygens (including phenoxy) is 1. The van der Waals surface area contributed by atoms with E-state index < -0.39 is 0 Å². The zero-order chi connectivity index (χ0) is 15.7. The molecule has 0 spiro atoms. The van der Waals surface area contributed by atoms with Crippen molar-refractivity contribution >= 4 is 5.88 Å². The summed E-state index contributed by atoms with van der Waals surface area (Å²) in [5.41, 5.74) is 0.874. The Morgan fingerprint density at radius 3 is 2.45 bits per heavy atom. The first-order chi connectivity index (χ1) is 10.6. The van der Waals surface area contributed by atoms with Gasteiger partial charge in [0.25, 0.3) is 0 Å². The number of morpholine rings is 1. The quantitative estimate of drug-likeness (QED) is 0.853. The van der Waals surface area contributed by atoms with Crippen molar-refractivity contribution in [1.82, 2.24) is 4.98 Å². The minimum absolute atomic E-state index is 0.0506. The van der Waals surface area contributed by atoms with Gasteiger partial charge in [-0.3, -0.25) is 0 Å². The fourth-order valence-corrected chi connectivity index (χ4v) is 2.66. The van der Waals surface area contributed by atoms with Gasteiger partial charge in [-0.05, 0) is 38.1 Å². The van der Waals surface area contributed by atoms with Crippen LogP contribution in [0.15, 0.2) is 28.7 Å². The van der Waals surface area contributed by atoms with Gasteiger partial charge in [-0.2, -0.15) is 10.2 Å². The summed E-state index contributed by atoms with van der Waals surface area (Å²) in [4.78, 5) is 6.19. The molecule has 1 aromatic carbocycles. The molecule has 1 aliphatic rings. The molecule has 0 radical (unpaired) electrons. The summed E-state index contributed by atoms with van der Waals surface area (Å²) in [5.74, 6) is 0.439. The molecule has 2 aromatic rings.